The molecule has 9 heteroatoms. The number of aromatic nitrogens is 1. The Kier molecular flexibility index (Phi) is 6.38. The minimum atomic E-state index is -1.10. The van der Waals surface area contributed by atoms with Gasteiger partial charge in [-0.3, -0.25) is 9.59 Å². The molecule has 0 saturated heterocycles. The van der Waals surface area contributed by atoms with Crippen LogP contribution in [0.25, 0.3) is 5.70 Å². The Morgan fingerprint density at radius 1 is 1.39 bits per heavy atom. The van der Waals surface area contributed by atoms with Crippen molar-refractivity contribution in [3.63, 3.8) is 0 Å². The van der Waals surface area contributed by atoms with Crippen LogP contribution in [-0.2, 0) is 20.7 Å². The number of H-pyrrole nitrogens is 1. The van der Waals surface area contributed by atoms with Gasteiger partial charge in [0.15, 0.2) is 5.75 Å². The molecule has 0 spiro atoms. The van der Waals surface area contributed by atoms with Crippen molar-refractivity contribution < 1.29 is 24.2 Å². The summed E-state index contributed by atoms with van der Waals surface area (Å²) in [5.74, 6) is -0.902. The maximum atomic E-state index is 12.7. The molecule has 0 aliphatic carbocycles. The van der Waals surface area contributed by atoms with Crippen LogP contribution in [-0.4, -0.2) is 52.4 Å². The molecule has 2 aliphatic heterocycles. The van der Waals surface area contributed by atoms with E-state index < -0.39 is 21.8 Å². The Bertz CT molecular complexity index is 1020. The predicted molar refractivity (Wildman–Crippen MR) is 119 cm³/mol. The average molecular weight is 449 g/mol. The standard InChI is InChI=1S/C22H28N2O6S/c1-21(2,3)22(31)10-13-9-16(30-7-5-6-29-4)19(26)23-17(13)18-15(12-25)8-14(20(27)28)11-24(18)22/h9,11-12,31H,5-8,10H2,1-4H3,(H,23,26)(H,27,28)/t22-/m0/s1. The highest BCUT2D eigenvalue weighted by Gasteiger charge is 2.50. The topological polar surface area (TPSA) is 109 Å². The van der Waals surface area contributed by atoms with Crippen molar-refractivity contribution in [3.05, 3.63) is 45.0 Å². The van der Waals surface area contributed by atoms with Gasteiger partial charge in [-0.1, -0.05) is 20.8 Å². The largest absolute Gasteiger partial charge is 0.488 e. The molecule has 0 bridgehead atoms. The lowest BCUT2D eigenvalue weighted by Crippen LogP contribution is -2.55. The first-order valence-electron chi connectivity index (χ1n) is 10.1. The van der Waals surface area contributed by atoms with E-state index in [9.17, 15) is 19.5 Å². The van der Waals surface area contributed by atoms with Crippen molar-refractivity contribution in [2.75, 3.05) is 20.3 Å². The summed E-state index contributed by atoms with van der Waals surface area (Å²) < 4.78 is 10.7. The molecule has 168 valence electrons. The number of carbonyl (C=O) groups is 2. The van der Waals surface area contributed by atoms with Gasteiger partial charge in [-0.25, -0.2) is 4.79 Å². The SMILES string of the molecule is COCCCOc1cc2c([nH]c1=O)C1=C(C=O)CC(C(=O)O)=CN1[C@@](S)(C(C)(C)C)C2. The zero-order valence-electron chi connectivity index (χ0n) is 18.2. The Balaban J connectivity index is 2.17. The number of carboxylic acid groups (broad SMARTS) is 1. The first kappa shape index (κ1) is 23.1. The van der Waals surface area contributed by atoms with Crippen molar-refractivity contribution in [2.24, 2.45) is 5.41 Å². The van der Waals surface area contributed by atoms with Crippen LogP contribution in [0.1, 0.15) is 44.9 Å². The molecule has 1 aromatic rings. The van der Waals surface area contributed by atoms with Gasteiger partial charge in [0.1, 0.15) is 6.29 Å². The van der Waals surface area contributed by atoms with E-state index in [0.717, 1.165) is 5.56 Å². The summed E-state index contributed by atoms with van der Waals surface area (Å²) in [6.07, 6.45) is 3.19. The molecule has 2 N–H and O–H groups in total. The molecule has 0 amide bonds. The number of aldehydes is 1. The van der Waals surface area contributed by atoms with Crippen LogP contribution in [0.2, 0.25) is 0 Å². The minimum Gasteiger partial charge on any atom is -0.488 e. The second kappa shape index (κ2) is 8.55. The summed E-state index contributed by atoms with van der Waals surface area (Å²) in [6, 6.07) is 1.70. The smallest absolute Gasteiger partial charge is 0.333 e. The van der Waals surface area contributed by atoms with Gasteiger partial charge in [0, 0.05) is 44.8 Å². The molecule has 3 heterocycles. The molecule has 0 radical (unpaired) electrons. The molecule has 0 fully saturated rings. The van der Waals surface area contributed by atoms with E-state index in [4.69, 9.17) is 22.1 Å². The molecule has 1 atom stereocenters. The summed E-state index contributed by atoms with van der Waals surface area (Å²) in [5.41, 5.74) is 1.30. The van der Waals surface area contributed by atoms with Crippen molar-refractivity contribution in [1.29, 1.82) is 0 Å². The van der Waals surface area contributed by atoms with E-state index in [2.05, 4.69) is 4.98 Å². The molecule has 1 aromatic heterocycles. The lowest BCUT2D eigenvalue weighted by atomic mass is 9.76. The van der Waals surface area contributed by atoms with E-state index in [1.165, 1.54) is 6.20 Å². The fourth-order valence-electron chi connectivity index (χ4n) is 3.88. The lowest BCUT2D eigenvalue weighted by Gasteiger charge is -2.53. The molecule has 0 aromatic carbocycles. The van der Waals surface area contributed by atoms with Gasteiger partial charge in [0.05, 0.1) is 28.4 Å². The average Bonchev–Trinajstić information content (AvgIpc) is 2.70. The zero-order valence-corrected chi connectivity index (χ0v) is 19.0. The summed E-state index contributed by atoms with van der Waals surface area (Å²) in [4.78, 5) is 40.1. The van der Waals surface area contributed by atoms with Crippen LogP contribution in [0, 0.1) is 5.41 Å². The minimum absolute atomic E-state index is 0.0323. The second-order valence-electron chi connectivity index (χ2n) is 8.80. The number of allylic oxidation sites excluding steroid dienone is 1. The zero-order chi connectivity index (χ0) is 23.0. The highest BCUT2D eigenvalue weighted by atomic mass is 32.1. The van der Waals surface area contributed by atoms with E-state index in [1.54, 1.807) is 18.1 Å². The highest BCUT2D eigenvalue weighted by molar-refractivity contribution is 7.81. The molecule has 31 heavy (non-hydrogen) atoms. The van der Waals surface area contributed by atoms with Crippen molar-refractivity contribution in [2.45, 2.75) is 44.9 Å². The number of rotatable bonds is 7. The normalized spacial score (nSPS) is 20.7. The first-order chi connectivity index (χ1) is 14.5. The van der Waals surface area contributed by atoms with Crippen molar-refractivity contribution in [3.8, 4) is 5.75 Å². The number of methoxy groups -OCH3 is 1. The van der Waals surface area contributed by atoms with Crippen LogP contribution in [0.3, 0.4) is 0 Å². The van der Waals surface area contributed by atoms with Crippen LogP contribution in [0.4, 0.5) is 0 Å². The number of fused-ring (bicyclic) bond motifs is 3. The maximum absolute atomic E-state index is 12.7. The molecule has 3 rings (SSSR count). The van der Waals surface area contributed by atoms with Crippen molar-refractivity contribution in [1.82, 2.24) is 9.88 Å². The third-order valence-corrected chi connectivity index (χ3v) is 6.78. The van der Waals surface area contributed by atoms with Crippen LogP contribution >= 0.6 is 12.6 Å². The lowest BCUT2D eigenvalue weighted by molar-refractivity contribution is -0.132. The number of carbonyl (C=O) groups excluding carboxylic acids is 1. The van der Waals surface area contributed by atoms with E-state index >= 15 is 0 Å². The van der Waals surface area contributed by atoms with Crippen molar-refractivity contribution >= 4 is 30.6 Å². The number of hydrogen-bond acceptors (Lipinski definition) is 7. The number of aliphatic carboxylic acids is 1. The van der Waals surface area contributed by atoms with Crippen LogP contribution in [0.15, 0.2) is 28.2 Å². The predicted octanol–water partition coefficient (Wildman–Crippen LogP) is 2.60. The van der Waals surface area contributed by atoms with Gasteiger partial charge in [-0.05, 0) is 17.0 Å². The van der Waals surface area contributed by atoms with Gasteiger partial charge in [0.25, 0.3) is 5.56 Å². The maximum Gasteiger partial charge on any atom is 0.333 e. The number of aromatic amines is 1. The fraction of sp³-hybridized carbons (Fsp3) is 0.500. The molecular weight excluding hydrogens is 420 g/mol. The summed E-state index contributed by atoms with van der Waals surface area (Å²) in [5, 5.41) is 9.57. The number of hydrogen-bond donors (Lipinski definition) is 3. The Hall–Kier alpha value is -2.52. The van der Waals surface area contributed by atoms with Crippen LogP contribution < -0.4 is 10.3 Å². The summed E-state index contributed by atoms with van der Waals surface area (Å²) >= 11 is 5.01. The number of nitrogens with one attached hydrogen (secondary N) is 1. The molecule has 8 nitrogen and oxygen atoms in total. The molecule has 0 unspecified atom stereocenters. The number of ether oxygens (including phenoxy) is 2. The number of thiol groups is 1. The quantitative estimate of drug-likeness (QED) is 0.334. The number of pyridine rings is 1. The summed E-state index contributed by atoms with van der Waals surface area (Å²) in [7, 11) is 1.60. The number of carboxylic acids is 1. The Labute approximate surface area is 186 Å². The van der Waals surface area contributed by atoms with E-state index in [1.807, 2.05) is 20.8 Å². The fourth-order valence-corrected chi connectivity index (χ4v) is 4.21. The molecule has 2 aliphatic rings. The number of nitrogens with zero attached hydrogens (tertiary/aromatic N) is 1. The Morgan fingerprint density at radius 2 is 2.10 bits per heavy atom. The third kappa shape index (κ3) is 4.16. The highest BCUT2D eigenvalue weighted by Crippen LogP contribution is 2.52. The molecular formula is C22H28N2O6S. The Morgan fingerprint density at radius 3 is 2.68 bits per heavy atom. The molecule has 0 saturated carbocycles. The monoisotopic (exact) mass is 448 g/mol. The van der Waals surface area contributed by atoms with E-state index in [-0.39, 0.29) is 23.3 Å². The van der Waals surface area contributed by atoms with Gasteiger partial charge in [-0.2, -0.15) is 12.6 Å². The first-order valence-corrected chi connectivity index (χ1v) is 10.5. The second-order valence-corrected chi connectivity index (χ2v) is 9.54. The van der Waals surface area contributed by atoms with Gasteiger partial charge in [0.2, 0.25) is 0 Å². The van der Waals surface area contributed by atoms with Gasteiger partial charge >= 0.3 is 5.97 Å². The third-order valence-electron chi connectivity index (χ3n) is 5.74. The van der Waals surface area contributed by atoms with Crippen LogP contribution in [0.5, 0.6) is 5.75 Å². The van der Waals surface area contributed by atoms with E-state index in [0.29, 0.717) is 43.7 Å². The van der Waals surface area contributed by atoms with Gasteiger partial charge < -0.3 is 24.5 Å². The summed E-state index contributed by atoms with van der Waals surface area (Å²) in [6.45, 7) is 6.86. The van der Waals surface area contributed by atoms with Gasteiger partial charge in [-0.15, -0.1) is 0 Å².